The van der Waals surface area contributed by atoms with Crippen LogP contribution in [0.5, 0.6) is 0 Å². The lowest BCUT2D eigenvalue weighted by Crippen LogP contribution is -2.50. The van der Waals surface area contributed by atoms with Crippen molar-refractivity contribution in [1.82, 2.24) is 4.90 Å². The van der Waals surface area contributed by atoms with Crippen LogP contribution < -0.4 is 0 Å². The summed E-state index contributed by atoms with van der Waals surface area (Å²) in [5.74, 6) is 0. The third-order valence-corrected chi connectivity index (χ3v) is 4.37. The maximum atomic E-state index is 12.6. The third-order valence-electron chi connectivity index (χ3n) is 4.37. The van der Waals surface area contributed by atoms with Crippen LogP contribution in [0, 0.1) is 0 Å². The smallest absolute Gasteiger partial charge is 0.412 e. The molecule has 0 aromatic carbocycles. The zero-order chi connectivity index (χ0) is 17.7. The fourth-order valence-electron chi connectivity index (χ4n) is 3.36. The van der Waals surface area contributed by atoms with Crippen LogP contribution in [-0.4, -0.2) is 34.5 Å². The molecule has 4 nitrogen and oxygen atoms in total. The molecule has 0 aliphatic carbocycles. The van der Waals surface area contributed by atoms with E-state index in [1.54, 1.807) is 0 Å². The van der Waals surface area contributed by atoms with Gasteiger partial charge in [0.05, 0.1) is 12.1 Å². The Bertz CT molecular complexity index is 373. The van der Waals surface area contributed by atoms with Gasteiger partial charge in [0, 0.05) is 0 Å². The average Bonchev–Trinajstić information content (AvgIpc) is 2.60. The molecule has 1 fully saturated rings. The van der Waals surface area contributed by atoms with E-state index in [0.717, 1.165) is 12.8 Å². The Kier molecular flexibility index (Phi) is 7.37. The number of rotatable bonds is 7. The van der Waals surface area contributed by atoms with E-state index in [2.05, 4.69) is 13.8 Å². The number of hydrogen-bond acceptors (Lipinski definition) is 3. The Morgan fingerprint density at radius 3 is 2.26 bits per heavy atom. The number of amides is 1. The van der Waals surface area contributed by atoms with Crippen LogP contribution in [0.1, 0.15) is 93.4 Å². The van der Waals surface area contributed by atoms with Crippen LogP contribution in [0.15, 0.2) is 0 Å². The number of ether oxygens (including phenoxy) is 2. The number of hydrogen-bond donors (Lipinski definition) is 0. The summed E-state index contributed by atoms with van der Waals surface area (Å²) >= 11 is 0. The van der Waals surface area contributed by atoms with E-state index in [4.69, 9.17) is 9.47 Å². The summed E-state index contributed by atoms with van der Waals surface area (Å²) in [6.07, 6.45) is 8.32. The van der Waals surface area contributed by atoms with E-state index in [-0.39, 0.29) is 18.2 Å². The summed E-state index contributed by atoms with van der Waals surface area (Å²) in [7, 11) is 0. The summed E-state index contributed by atoms with van der Waals surface area (Å²) in [6.45, 7) is 13.9. The Balaban J connectivity index is 2.61. The molecule has 1 saturated heterocycles. The number of unbranched alkanes of at least 4 members (excludes halogenated alkanes) is 5. The van der Waals surface area contributed by atoms with Gasteiger partial charge in [-0.3, -0.25) is 4.90 Å². The number of carbonyl (C=O) groups excluding carboxylic acids is 1. The number of carbonyl (C=O) groups is 1. The highest BCUT2D eigenvalue weighted by molar-refractivity contribution is 5.69. The molecule has 1 aliphatic heterocycles. The molecule has 2 unspecified atom stereocenters. The van der Waals surface area contributed by atoms with Crippen molar-refractivity contribution in [3.05, 3.63) is 0 Å². The zero-order valence-electron chi connectivity index (χ0n) is 16.3. The molecular formula is C19H37NO3. The van der Waals surface area contributed by atoms with E-state index in [1.165, 1.54) is 32.1 Å². The lowest BCUT2D eigenvalue weighted by molar-refractivity contribution is -0.0757. The number of nitrogens with zero attached hydrogens (tertiary/aromatic N) is 1. The first-order valence-electron chi connectivity index (χ1n) is 9.28. The molecule has 0 bridgehead atoms. The topological polar surface area (TPSA) is 38.8 Å². The summed E-state index contributed by atoms with van der Waals surface area (Å²) in [6, 6.07) is 0.103. The van der Waals surface area contributed by atoms with Gasteiger partial charge in [-0.1, -0.05) is 45.4 Å². The normalized spacial score (nSPS) is 24.0. The zero-order valence-corrected chi connectivity index (χ0v) is 16.3. The SMILES string of the molecule is CCCCCCCCC1C(C)OC(C)(C)N1C(=O)OC(C)(C)C. The van der Waals surface area contributed by atoms with Crippen molar-refractivity contribution in [2.45, 2.75) is 117 Å². The quantitative estimate of drug-likeness (QED) is 0.580. The molecule has 1 heterocycles. The molecule has 136 valence electrons. The Labute approximate surface area is 142 Å². The Morgan fingerprint density at radius 1 is 1.13 bits per heavy atom. The molecular weight excluding hydrogens is 290 g/mol. The molecule has 0 spiro atoms. The minimum atomic E-state index is -0.603. The van der Waals surface area contributed by atoms with Crippen LogP contribution in [0.25, 0.3) is 0 Å². The fraction of sp³-hybridized carbons (Fsp3) is 0.947. The largest absolute Gasteiger partial charge is 0.444 e. The summed E-state index contributed by atoms with van der Waals surface area (Å²) in [5, 5.41) is 0. The van der Waals surface area contributed by atoms with Gasteiger partial charge < -0.3 is 9.47 Å². The second-order valence-electron chi connectivity index (χ2n) is 8.24. The highest BCUT2D eigenvalue weighted by Crippen LogP contribution is 2.35. The van der Waals surface area contributed by atoms with Gasteiger partial charge in [0.2, 0.25) is 0 Å². The van der Waals surface area contributed by atoms with E-state index in [0.29, 0.717) is 0 Å². The predicted octanol–water partition coefficient (Wildman–Crippen LogP) is 5.50. The van der Waals surface area contributed by atoms with E-state index >= 15 is 0 Å². The first-order chi connectivity index (χ1) is 10.6. The van der Waals surface area contributed by atoms with Gasteiger partial charge in [-0.15, -0.1) is 0 Å². The molecule has 1 aliphatic rings. The third kappa shape index (κ3) is 6.33. The van der Waals surface area contributed by atoms with Gasteiger partial charge in [0.25, 0.3) is 0 Å². The Hall–Kier alpha value is -0.770. The van der Waals surface area contributed by atoms with Crippen molar-refractivity contribution in [3.8, 4) is 0 Å². The minimum Gasteiger partial charge on any atom is -0.444 e. The van der Waals surface area contributed by atoms with Crippen LogP contribution in [0.2, 0.25) is 0 Å². The van der Waals surface area contributed by atoms with Crippen molar-refractivity contribution in [2.24, 2.45) is 0 Å². The predicted molar refractivity (Wildman–Crippen MR) is 94.5 cm³/mol. The van der Waals surface area contributed by atoms with Crippen molar-refractivity contribution in [2.75, 3.05) is 0 Å². The molecule has 0 saturated carbocycles. The minimum absolute atomic E-state index is 0.0492. The summed E-state index contributed by atoms with van der Waals surface area (Å²) in [5.41, 5.74) is -1.08. The maximum absolute atomic E-state index is 12.6. The molecule has 0 N–H and O–H groups in total. The monoisotopic (exact) mass is 327 g/mol. The van der Waals surface area contributed by atoms with Crippen molar-refractivity contribution in [3.63, 3.8) is 0 Å². The van der Waals surface area contributed by atoms with Crippen LogP contribution in [0.4, 0.5) is 4.79 Å². The average molecular weight is 328 g/mol. The highest BCUT2D eigenvalue weighted by Gasteiger charge is 2.49. The molecule has 23 heavy (non-hydrogen) atoms. The molecule has 0 aromatic rings. The van der Waals surface area contributed by atoms with Crippen LogP contribution in [0.3, 0.4) is 0 Å². The van der Waals surface area contributed by atoms with Crippen LogP contribution in [-0.2, 0) is 9.47 Å². The van der Waals surface area contributed by atoms with Gasteiger partial charge in [-0.05, 0) is 48.0 Å². The second kappa shape index (κ2) is 8.36. The van der Waals surface area contributed by atoms with Crippen molar-refractivity contribution >= 4 is 6.09 Å². The van der Waals surface area contributed by atoms with Gasteiger partial charge in [0.1, 0.15) is 11.3 Å². The first kappa shape index (κ1) is 20.3. The Morgan fingerprint density at radius 2 is 1.70 bits per heavy atom. The standard InChI is InChI=1S/C19H37NO3/c1-8-9-10-11-12-13-14-16-15(2)22-19(6,7)20(16)17(21)23-18(3,4)5/h15-16H,8-14H2,1-7H3. The maximum Gasteiger partial charge on any atom is 0.412 e. The first-order valence-corrected chi connectivity index (χ1v) is 9.28. The van der Waals surface area contributed by atoms with Gasteiger partial charge in [0.15, 0.2) is 0 Å². The molecule has 1 amide bonds. The van der Waals surface area contributed by atoms with Gasteiger partial charge in [-0.2, -0.15) is 0 Å². The molecule has 0 radical (unpaired) electrons. The molecule has 2 atom stereocenters. The van der Waals surface area contributed by atoms with E-state index in [9.17, 15) is 4.79 Å². The molecule has 0 aromatic heterocycles. The summed E-state index contributed by atoms with van der Waals surface area (Å²) in [4.78, 5) is 14.4. The lowest BCUT2D eigenvalue weighted by atomic mass is 10.0. The lowest BCUT2D eigenvalue weighted by Gasteiger charge is -2.35. The summed E-state index contributed by atoms with van der Waals surface area (Å²) < 4.78 is 11.6. The van der Waals surface area contributed by atoms with Gasteiger partial charge in [-0.25, -0.2) is 4.79 Å². The van der Waals surface area contributed by atoms with E-state index in [1.807, 2.05) is 39.5 Å². The fourth-order valence-corrected chi connectivity index (χ4v) is 3.36. The van der Waals surface area contributed by atoms with Crippen molar-refractivity contribution < 1.29 is 14.3 Å². The highest BCUT2D eigenvalue weighted by atomic mass is 16.6. The van der Waals surface area contributed by atoms with Crippen molar-refractivity contribution in [1.29, 1.82) is 0 Å². The van der Waals surface area contributed by atoms with Crippen LogP contribution >= 0.6 is 0 Å². The van der Waals surface area contributed by atoms with E-state index < -0.39 is 11.3 Å². The molecule has 1 rings (SSSR count). The second-order valence-corrected chi connectivity index (χ2v) is 8.24. The molecule has 4 heteroatoms. The van der Waals surface area contributed by atoms with Gasteiger partial charge >= 0.3 is 6.09 Å².